The standard InChI is InChI=1S/C22H27N3O3S/c1-5-25(6-2)29(27,28)19-11-12-20-18(13-19)14-21(24(20)4)22(26)23-15-17-10-8-7-9-16(17)3/h7-14H,5-6,15H2,1-4H3,(H,23,26). The fourth-order valence-corrected chi connectivity index (χ4v) is 4.99. The SMILES string of the molecule is CCN(CC)S(=O)(=O)c1ccc2c(c1)cc(C(=O)NCc1ccccc1C)n2C. The molecule has 7 heteroatoms. The van der Waals surface area contributed by atoms with Crippen LogP contribution in [0.4, 0.5) is 0 Å². The van der Waals surface area contributed by atoms with E-state index in [1.165, 1.54) is 4.31 Å². The molecule has 0 atom stereocenters. The molecule has 2 aromatic carbocycles. The molecule has 1 amide bonds. The summed E-state index contributed by atoms with van der Waals surface area (Å²) >= 11 is 0. The molecular formula is C22H27N3O3S. The number of aryl methyl sites for hydroxylation is 2. The topological polar surface area (TPSA) is 71.4 Å². The summed E-state index contributed by atoms with van der Waals surface area (Å²) < 4.78 is 28.8. The minimum absolute atomic E-state index is 0.194. The molecule has 0 radical (unpaired) electrons. The number of amides is 1. The van der Waals surface area contributed by atoms with Crippen molar-refractivity contribution in [3.8, 4) is 0 Å². The number of rotatable bonds is 7. The fraction of sp³-hybridized carbons (Fsp3) is 0.318. The molecule has 0 unspecified atom stereocenters. The Hall–Kier alpha value is -2.64. The number of aromatic nitrogens is 1. The Kier molecular flexibility index (Phi) is 6.10. The third kappa shape index (κ3) is 4.06. The number of hydrogen-bond acceptors (Lipinski definition) is 3. The van der Waals surface area contributed by atoms with Crippen molar-refractivity contribution in [2.45, 2.75) is 32.2 Å². The maximum Gasteiger partial charge on any atom is 0.268 e. The van der Waals surface area contributed by atoms with Crippen molar-refractivity contribution >= 4 is 26.8 Å². The first-order valence-corrected chi connectivity index (χ1v) is 11.2. The maximum absolute atomic E-state index is 12.8. The molecule has 0 aliphatic heterocycles. The van der Waals surface area contributed by atoms with Gasteiger partial charge in [-0.25, -0.2) is 8.42 Å². The summed E-state index contributed by atoms with van der Waals surface area (Å²) in [6.45, 7) is 6.92. The van der Waals surface area contributed by atoms with Gasteiger partial charge in [-0.15, -0.1) is 0 Å². The predicted octanol–water partition coefficient (Wildman–Crippen LogP) is 3.45. The van der Waals surface area contributed by atoms with Crippen molar-refractivity contribution in [2.75, 3.05) is 13.1 Å². The van der Waals surface area contributed by atoms with Crippen LogP contribution in [-0.4, -0.2) is 36.3 Å². The first-order valence-electron chi connectivity index (χ1n) is 9.72. The largest absolute Gasteiger partial charge is 0.347 e. The highest BCUT2D eigenvalue weighted by Crippen LogP contribution is 2.24. The van der Waals surface area contributed by atoms with E-state index >= 15 is 0 Å². The molecule has 0 spiro atoms. The molecule has 1 aromatic heterocycles. The molecule has 3 aromatic rings. The summed E-state index contributed by atoms with van der Waals surface area (Å²) in [5, 5.41) is 3.68. The Bertz CT molecular complexity index is 1150. The monoisotopic (exact) mass is 413 g/mol. The predicted molar refractivity (Wildman–Crippen MR) is 115 cm³/mol. The maximum atomic E-state index is 12.8. The zero-order valence-electron chi connectivity index (χ0n) is 17.3. The van der Waals surface area contributed by atoms with E-state index in [4.69, 9.17) is 0 Å². The van der Waals surface area contributed by atoms with Crippen LogP contribution in [0.15, 0.2) is 53.4 Å². The Morgan fingerprint density at radius 1 is 1.07 bits per heavy atom. The van der Waals surface area contributed by atoms with E-state index in [9.17, 15) is 13.2 Å². The molecule has 0 saturated heterocycles. The Balaban J connectivity index is 1.89. The van der Waals surface area contributed by atoms with Crippen LogP contribution in [-0.2, 0) is 23.6 Å². The molecule has 3 rings (SSSR count). The normalized spacial score (nSPS) is 11.9. The van der Waals surface area contributed by atoms with Crippen molar-refractivity contribution in [3.05, 3.63) is 65.4 Å². The van der Waals surface area contributed by atoms with Gasteiger partial charge in [-0.2, -0.15) is 4.31 Å². The first kappa shape index (κ1) is 21.1. The van der Waals surface area contributed by atoms with E-state index in [0.29, 0.717) is 25.3 Å². The number of nitrogens with zero attached hydrogens (tertiary/aromatic N) is 2. The second-order valence-corrected chi connectivity index (χ2v) is 8.95. The fourth-order valence-electron chi connectivity index (χ4n) is 3.49. The molecule has 1 N–H and O–H groups in total. The van der Waals surface area contributed by atoms with Gasteiger partial charge in [-0.3, -0.25) is 4.79 Å². The number of nitrogens with one attached hydrogen (secondary N) is 1. The van der Waals surface area contributed by atoms with Crippen LogP contribution in [0, 0.1) is 6.92 Å². The van der Waals surface area contributed by atoms with Gasteiger partial charge in [0.1, 0.15) is 5.69 Å². The molecule has 29 heavy (non-hydrogen) atoms. The Morgan fingerprint density at radius 3 is 2.41 bits per heavy atom. The van der Waals surface area contributed by atoms with Crippen LogP contribution in [0.25, 0.3) is 10.9 Å². The van der Waals surface area contributed by atoms with Crippen molar-refractivity contribution in [1.29, 1.82) is 0 Å². The van der Waals surface area contributed by atoms with Crippen LogP contribution in [0.2, 0.25) is 0 Å². The van der Waals surface area contributed by atoms with Crippen LogP contribution in [0.5, 0.6) is 0 Å². The highest BCUT2D eigenvalue weighted by Gasteiger charge is 2.23. The van der Waals surface area contributed by atoms with Crippen molar-refractivity contribution in [2.24, 2.45) is 7.05 Å². The van der Waals surface area contributed by atoms with Crippen molar-refractivity contribution < 1.29 is 13.2 Å². The smallest absolute Gasteiger partial charge is 0.268 e. The number of fused-ring (bicyclic) bond motifs is 1. The van der Waals surface area contributed by atoms with Crippen LogP contribution in [0.3, 0.4) is 0 Å². The van der Waals surface area contributed by atoms with Gasteiger partial charge >= 0.3 is 0 Å². The summed E-state index contributed by atoms with van der Waals surface area (Å²) in [6, 6.07) is 14.6. The van der Waals surface area contributed by atoms with Gasteiger partial charge in [-0.05, 0) is 42.3 Å². The summed E-state index contributed by atoms with van der Waals surface area (Å²) in [4.78, 5) is 13.0. The Labute approximate surface area is 172 Å². The lowest BCUT2D eigenvalue weighted by Gasteiger charge is -2.18. The number of hydrogen-bond donors (Lipinski definition) is 1. The minimum Gasteiger partial charge on any atom is -0.347 e. The summed E-state index contributed by atoms with van der Waals surface area (Å²) in [7, 11) is -1.73. The molecule has 0 saturated carbocycles. The average molecular weight is 414 g/mol. The molecule has 0 bridgehead atoms. The third-order valence-electron chi connectivity index (χ3n) is 5.29. The number of carbonyl (C=O) groups excluding carboxylic acids is 1. The highest BCUT2D eigenvalue weighted by atomic mass is 32.2. The van der Waals surface area contributed by atoms with Crippen LogP contribution >= 0.6 is 0 Å². The number of sulfonamides is 1. The van der Waals surface area contributed by atoms with Gasteiger partial charge < -0.3 is 9.88 Å². The molecule has 1 heterocycles. The van der Waals surface area contributed by atoms with Gasteiger partial charge in [0.25, 0.3) is 5.91 Å². The third-order valence-corrected chi connectivity index (χ3v) is 7.34. The van der Waals surface area contributed by atoms with E-state index in [-0.39, 0.29) is 10.8 Å². The van der Waals surface area contributed by atoms with Gasteiger partial charge in [0.2, 0.25) is 10.0 Å². The molecule has 0 aliphatic carbocycles. The van der Waals surface area contributed by atoms with E-state index in [1.807, 2.05) is 52.1 Å². The quantitative estimate of drug-likeness (QED) is 0.645. The number of carbonyl (C=O) groups is 1. The second-order valence-electron chi connectivity index (χ2n) is 7.01. The number of benzene rings is 2. The van der Waals surface area contributed by atoms with E-state index < -0.39 is 10.0 Å². The van der Waals surface area contributed by atoms with Gasteiger partial charge in [0.05, 0.1) is 4.90 Å². The Morgan fingerprint density at radius 2 is 1.76 bits per heavy atom. The van der Waals surface area contributed by atoms with Gasteiger partial charge in [0, 0.05) is 37.6 Å². The summed E-state index contributed by atoms with van der Waals surface area (Å²) in [5.41, 5.74) is 3.49. The molecule has 154 valence electrons. The second kappa shape index (κ2) is 8.39. The lowest BCUT2D eigenvalue weighted by atomic mass is 10.1. The van der Waals surface area contributed by atoms with E-state index in [0.717, 1.165) is 22.0 Å². The van der Waals surface area contributed by atoms with Gasteiger partial charge in [-0.1, -0.05) is 38.1 Å². The molecule has 6 nitrogen and oxygen atoms in total. The zero-order valence-corrected chi connectivity index (χ0v) is 18.1. The van der Waals surface area contributed by atoms with Crippen molar-refractivity contribution in [1.82, 2.24) is 14.2 Å². The first-order chi connectivity index (χ1) is 13.8. The zero-order chi connectivity index (χ0) is 21.2. The highest BCUT2D eigenvalue weighted by molar-refractivity contribution is 7.89. The van der Waals surface area contributed by atoms with Crippen molar-refractivity contribution in [3.63, 3.8) is 0 Å². The van der Waals surface area contributed by atoms with E-state index in [2.05, 4.69) is 5.32 Å². The molecule has 0 aliphatic rings. The molecule has 0 fully saturated rings. The summed E-state index contributed by atoms with van der Waals surface area (Å²) in [5.74, 6) is -0.194. The minimum atomic E-state index is -3.54. The van der Waals surface area contributed by atoms with Crippen LogP contribution < -0.4 is 5.32 Å². The average Bonchev–Trinajstić information content (AvgIpc) is 3.04. The van der Waals surface area contributed by atoms with Crippen LogP contribution in [0.1, 0.15) is 35.5 Å². The van der Waals surface area contributed by atoms with E-state index in [1.54, 1.807) is 28.8 Å². The summed E-state index contributed by atoms with van der Waals surface area (Å²) in [6.07, 6.45) is 0. The lowest BCUT2D eigenvalue weighted by molar-refractivity contribution is 0.0943. The lowest BCUT2D eigenvalue weighted by Crippen LogP contribution is -2.30. The molecular weight excluding hydrogens is 386 g/mol. The van der Waals surface area contributed by atoms with Gasteiger partial charge in [0.15, 0.2) is 0 Å².